The third kappa shape index (κ3) is 2.45. The van der Waals surface area contributed by atoms with Gasteiger partial charge in [-0.25, -0.2) is 4.98 Å². The third-order valence-corrected chi connectivity index (χ3v) is 4.92. The predicted octanol–water partition coefficient (Wildman–Crippen LogP) is 3.07. The van der Waals surface area contributed by atoms with E-state index in [-0.39, 0.29) is 6.04 Å². The highest BCUT2D eigenvalue weighted by atomic mass is 32.1. The first kappa shape index (κ1) is 13.2. The lowest BCUT2D eigenvalue weighted by molar-refractivity contribution is -0.109. The van der Waals surface area contributed by atoms with E-state index in [1.54, 1.807) is 23.7 Å². The molecule has 1 saturated heterocycles. The summed E-state index contributed by atoms with van der Waals surface area (Å²) in [5.41, 5.74) is 2.16. The summed E-state index contributed by atoms with van der Waals surface area (Å²) >= 11 is 1.67. The molecule has 3 rings (SSSR count). The molecule has 0 radical (unpaired) electrons. The van der Waals surface area contributed by atoms with Crippen LogP contribution < -0.4 is 4.90 Å². The molecule has 20 heavy (non-hydrogen) atoms. The van der Waals surface area contributed by atoms with Gasteiger partial charge in [0.15, 0.2) is 5.13 Å². The number of aryl methyl sites for hydroxylation is 1. The van der Waals surface area contributed by atoms with Crippen LogP contribution in [0.4, 0.5) is 5.13 Å². The Morgan fingerprint density at radius 3 is 2.90 bits per heavy atom. The molecule has 104 valence electrons. The molecule has 5 heteroatoms. The van der Waals surface area contributed by atoms with Gasteiger partial charge in [0.05, 0.1) is 16.6 Å². The van der Waals surface area contributed by atoms with E-state index in [9.17, 15) is 4.79 Å². The van der Waals surface area contributed by atoms with Crippen molar-refractivity contribution in [2.24, 2.45) is 0 Å². The summed E-state index contributed by atoms with van der Waals surface area (Å²) in [6, 6.07) is 3.98. The van der Waals surface area contributed by atoms with Crippen LogP contribution in [0.5, 0.6) is 0 Å². The topological polar surface area (TPSA) is 46.1 Å². The number of hydrogen-bond acceptors (Lipinski definition) is 5. The molecule has 1 aliphatic rings. The maximum atomic E-state index is 11.2. The summed E-state index contributed by atoms with van der Waals surface area (Å²) in [6.07, 6.45) is 7.84. The predicted molar refractivity (Wildman–Crippen MR) is 81.1 cm³/mol. The quantitative estimate of drug-likeness (QED) is 0.814. The number of hydrogen-bond donors (Lipinski definition) is 0. The van der Waals surface area contributed by atoms with Gasteiger partial charge >= 0.3 is 0 Å². The Morgan fingerprint density at radius 1 is 1.35 bits per heavy atom. The molecule has 0 saturated carbocycles. The number of pyridine rings is 1. The van der Waals surface area contributed by atoms with Crippen molar-refractivity contribution in [1.82, 2.24) is 9.97 Å². The first-order chi connectivity index (χ1) is 9.79. The smallest absolute Gasteiger partial charge is 0.186 e. The minimum atomic E-state index is -0.0143. The van der Waals surface area contributed by atoms with E-state index in [1.165, 1.54) is 0 Å². The number of carbonyl (C=O) groups excluding carboxylic acids is 1. The molecule has 0 bridgehead atoms. The Kier molecular flexibility index (Phi) is 3.78. The molecule has 0 spiro atoms. The average molecular weight is 287 g/mol. The van der Waals surface area contributed by atoms with Gasteiger partial charge in [-0.15, -0.1) is 0 Å². The van der Waals surface area contributed by atoms with Crippen molar-refractivity contribution in [3.63, 3.8) is 0 Å². The van der Waals surface area contributed by atoms with Crippen LogP contribution in [0.3, 0.4) is 0 Å². The third-order valence-electron chi connectivity index (χ3n) is 3.68. The zero-order valence-electron chi connectivity index (χ0n) is 11.5. The van der Waals surface area contributed by atoms with Crippen molar-refractivity contribution in [2.45, 2.75) is 32.2 Å². The van der Waals surface area contributed by atoms with Crippen molar-refractivity contribution in [3.8, 4) is 10.4 Å². The van der Waals surface area contributed by atoms with E-state index in [0.29, 0.717) is 0 Å². The van der Waals surface area contributed by atoms with E-state index < -0.39 is 0 Å². The number of thiazole rings is 1. The lowest BCUT2D eigenvalue weighted by Crippen LogP contribution is -2.40. The number of nitrogens with zero attached hydrogens (tertiary/aromatic N) is 3. The molecule has 4 nitrogen and oxygen atoms in total. The van der Waals surface area contributed by atoms with Gasteiger partial charge in [-0.05, 0) is 43.9 Å². The summed E-state index contributed by atoms with van der Waals surface area (Å²) in [6.45, 7) is 2.95. The highest BCUT2D eigenvalue weighted by Gasteiger charge is 2.25. The summed E-state index contributed by atoms with van der Waals surface area (Å²) < 4.78 is 0. The minimum Gasteiger partial charge on any atom is -0.338 e. The molecular weight excluding hydrogens is 270 g/mol. The standard InChI is InChI=1S/C15H17N3OS/c1-11-14(12-5-7-16-8-6-12)20-15(17-11)18-9-3-2-4-13(18)10-19/h5-8,10,13H,2-4,9H2,1H3. The minimum absolute atomic E-state index is 0.0143. The molecule has 2 aromatic rings. The van der Waals surface area contributed by atoms with Crippen molar-refractivity contribution >= 4 is 22.8 Å². The lowest BCUT2D eigenvalue weighted by Gasteiger charge is -2.31. The van der Waals surface area contributed by atoms with Gasteiger partial charge in [-0.2, -0.15) is 0 Å². The number of piperidine rings is 1. The zero-order chi connectivity index (χ0) is 13.9. The fourth-order valence-corrected chi connectivity index (χ4v) is 3.77. The van der Waals surface area contributed by atoms with E-state index in [1.807, 2.05) is 19.1 Å². The molecular formula is C15H17N3OS. The highest BCUT2D eigenvalue weighted by Crippen LogP contribution is 2.36. The van der Waals surface area contributed by atoms with Gasteiger partial charge in [0.1, 0.15) is 6.29 Å². The van der Waals surface area contributed by atoms with Crippen LogP contribution in [0.2, 0.25) is 0 Å². The second-order valence-corrected chi connectivity index (χ2v) is 6.02. The average Bonchev–Trinajstić information content (AvgIpc) is 2.90. The highest BCUT2D eigenvalue weighted by molar-refractivity contribution is 7.19. The zero-order valence-corrected chi connectivity index (χ0v) is 12.3. The summed E-state index contributed by atoms with van der Waals surface area (Å²) in [5, 5.41) is 0.964. The largest absolute Gasteiger partial charge is 0.338 e. The van der Waals surface area contributed by atoms with Crippen LogP contribution in [-0.2, 0) is 4.79 Å². The Morgan fingerprint density at radius 2 is 2.15 bits per heavy atom. The lowest BCUT2D eigenvalue weighted by atomic mass is 10.0. The van der Waals surface area contributed by atoms with Gasteiger partial charge < -0.3 is 9.69 Å². The molecule has 3 heterocycles. The van der Waals surface area contributed by atoms with Crippen LogP contribution in [0.15, 0.2) is 24.5 Å². The fraction of sp³-hybridized carbons (Fsp3) is 0.400. The van der Waals surface area contributed by atoms with Crippen LogP contribution in [0.1, 0.15) is 25.0 Å². The molecule has 2 aromatic heterocycles. The van der Waals surface area contributed by atoms with Crippen molar-refractivity contribution in [3.05, 3.63) is 30.2 Å². The number of aromatic nitrogens is 2. The second kappa shape index (κ2) is 5.71. The van der Waals surface area contributed by atoms with Crippen LogP contribution >= 0.6 is 11.3 Å². The Hall–Kier alpha value is -1.75. The molecule has 0 aromatic carbocycles. The van der Waals surface area contributed by atoms with E-state index in [4.69, 9.17) is 0 Å². The van der Waals surface area contributed by atoms with Gasteiger partial charge in [-0.1, -0.05) is 11.3 Å². The molecule has 1 fully saturated rings. The normalized spacial score (nSPS) is 19.1. The fourth-order valence-electron chi connectivity index (χ4n) is 2.61. The SMILES string of the molecule is Cc1nc(N2CCCCC2C=O)sc1-c1ccncc1. The van der Waals surface area contributed by atoms with E-state index in [2.05, 4.69) is 14.9 Å². The second-order valence-electron chi connectivity index (χ2n) is 5.04. The van der Waals surface area contributed by atoms with Crippen molar-refractivity contribution < 1.29 is 4.79 Å². The first-order valence-corrected chi connectivity index (χ1v) is 7.71. The number of rotatable bonds is 3. The molecule has 1 unspecified atom stereocenters. The molecule has 1 atom stereocenters. The summed E-state index contributed by atoms with van der Waals surface area (Å²) in [4.78, 5) is 23.3. The maximum Gasteiger partial charge on any atom is 0.186 e. The number of aldehydes is 1. The molecule has 1 aliphatic heterocycles. The van der Waals surface area contributed by atoms with E-state index in [0.717, 1.165) is 53.4 Å². The van der Waals surface area contributed by atoms with Crippen LogP contribution in [-0.4, -0.2) is 28.8 Å². The van der Waals surface area contributed by atoms with Crippen molar-refractivity contribution in [1.29, 1.82) is 0 Å². The first-order valence-electron chi connectivity index (χ1n) is 6.89. The van der Waals surface area contributed by atoms with E-state index >= 15 is 0 Å². The number of anilines is 1. The molecule has 0 aliphatic carbocycles. The number of carbonyl (C=O) groups is 1. The van der Waals surface area contributed by atoms with Gasteiger partial charge in [0.2, 0.25) is 0 Å². The van der Waals surface area contributed by atoms with Crippen LogP contribution in [0, 0.1) is 6.92 Å². The van der Waals surface area contributed by atoms with Gasteiger partial charge in [0.25, 0.3) is 0 Å². The monoisotopic (exact) mass is 287 g/mol. The Labute approximate surface area is 122 Å². The maximum absolute atomic E-state index is 11.2. The van der Waals surface area contributed by atoms with Crippen molar-refractivity contribution in [2.75, 3.05) is 11.4 Å². The van der Waals surface area contributed by atoms with Gasteiger partial charge in [-0.3, -0.25) is 4.98 Å². The Bertz CT molecular complexity index is 596. The van der Waals surface area contributed by atoms with Gasteiger partial charge in [0, 0.05) is 18.9 Å². The summed E-state index contributed by atoms with van der Waals surface area (Å²) in [5.74, 6) is 0. The molecule has 0 amide bonds. The molecule has 0 N–H and O–H groups in total. The Balaban J connectivity index is 1.94. The summed E-state index contributed by atoms with van der Waals surface area (Å²) in [7, 11) is 0. The van der Waals surface area contributed by atoms with Crippen LogP contribution in [0.25, 0.3) is 10.4 Å².